The van der Waals surface area contributed by atoms with E-state index in [0.717, 1.165) is 0 Å². The highest BCUT2D eigenvalue weighted by Gasteiger charge is 2.19. The molecule has 8 heteroatoms. The van der Waals surface area contributed by atoms with Crippen LogP contribution in [0.5, 0.6) is 11.5 Å². The number of H-pyrrole nitrogens is 1. The van der Waals surface area contributed by atoms with Crippen molar-refractivity contribution in [2.45, 2.75) is 19.6 Å². The molecule has 31 heavy (non-hydrogen) atoms. The molecule has 158 valence electrons. The maximum Gasteiger partial charge on any atom is 0.257 e. The van der Waals surface area contributed by atoms with Crippen LogP contribution in [-0.4, -0.2) is 27.6 Å². The van der Waals surface area contributed by atoms with Crippen molar-refractivity contribution in [3.05, 3.63) is 83.3 Å². The molecule has 0 aliphatic rings. The molecular weight excluding hydrogens is 434 g/mol. The summed E-state index contributed by atoms with van der Waals surface area (Å²) >= 11 is 0. The average molecular weight is 454 g/mol. The van der Waals surface area contributed by atoms with Gasteiger partial charge >= 0.3 is 0 Å². The molecule has 2 unspecified atom stereocenters. The summed E-state index contributed by atoms with van der Waals surface area (Å²) in [5.41, 5.74) is -0.386. The molecule has 4 aromatic rings. The molecule has 0 bridgehead atoms. The van der Waals surface area contributed by atoms with Gasteiger partial charge in [0.15, 0.2) is 0 Å². The minimum atomic E-state index is -1.60. The zero-order valence-electron chi connectivity index (χ0n) is 16.8. The Morgan fingerprint density at radius 1 is 0.677 bits per heavy atom. The number of pyridine rings is 1. The van der Waals surface area contributed by atoms with Crippen molar-refractivity contribution in [2.75, 3.05) is 14.2 Å². The number of aromatic amines is 1. The van der Waals surface area contributed by atoms with Gasteiger partial charge in [0.05, 0.1) is 51.0 Å². The molecule has 0 spiro atoms. The largest absolute Gasteiger partial charge is 0.497 e. The number of nitrogens with one attached hydrogen (secondary N) is 1. The van der Waals surface area contributed by atoms with E-state index in [-0.39, 0.29) is 10.9 Å². The molecule has 3 aromatic carbocycles. The molecule has 0 fully saturated rings. The van der Waals surface area contributed by atoms with Crippen LogP contribution < -0.4 is 15.0 Å². The van der Waals surface area contributed by atoms with Gasteiger partial charge in [0.2, 0.25) is 0 Å². The first-order chi connectivity index (χ1) is 15.0. The Kier molecular flexibility index (Phi) is 6.01. The lowest BCUT2D eigenvalue weighted by Crippen LogP contribution is -2.10. The fourth-order valence-corrected chi connectivity index (χ4v) is 5.64. The van der Waals surface area contributed by atoms with E-state index in [9.17, 15) is 13.2 Å². The zero-order chi connectivity index (χ0) is 22.0. The van der Waals surface area contributed by atoms with Crippen LogP contribution in [0.25, 0.3) is 10.8 Å². The summed E-state index contributed by atoms with van der Waals surface area (Å²) < 4.78 is 36.8. The van der Waals surface area contributed by atoms with E-state index in [0.29, 0.717) is 36.5 Å². The van der Waals surface area contributed by atoms with Crippen LogP contribution in [0.1, 0.15) is 0 Å². The van der Waals surface area contributed by atoms with E-state index >= 15 is 0 Å². The van der Waals surface area contributed by atoms with Gasteiger partial charge in [-0.05, 0) is 66.7 Å². The van der Waals surface area contributed by atoms with E-state index in [1.54, 1.807) is 80.9 Å². The molecule has 4 rings (SSSR count). The maximum absolute atomic E-state index is 13.3. The van der Waals surface area contributed by atoms with Gasteiger partial charge in [-0.3, -0.25) is 4.79 Å². The van der Waals surface area contributed by atoms with Crippen LogP contribution in [-0.2, 0) is 21.6 Å². The lowest BCUT2D eigenvalue weighted by atomic mass is 10.2. The maximum atomic E-state index is 13.3. The van der Waals surface area contributed by atoms with Crippen molar-refractivity contribution in [3.63, 3.8) is 0 Å². The molecule has 1 N–H and O–H groups in total. The first kappa shape index (κ1) is 21.0. The minimum absolute atomic E-state index is 0.260. The first-order valence-corrected chi connectivity index (χ1v) is 11.6. The molecule has 1 aromatic heterocycles. The molecule has 0 radical (unpaired) electrons. The first-order valence-electron chi connectivity index (χ1n) is 9.29. The Hall–Kier alpha value is -3.23. The summed E-state index contributed by atoms with van der Waals surface area (Å²) in [5.74, 6) is 1.31. The molecule has 0 saturated carbocycles. The number of benzene rings is 3. The Morgan fingerprint density at radius 2 is 1.16 bits per heavy atom. The van der Waals surface area contributed by atoms with Crippen LogP contribution in [0.2, 0.25) is 0 Å². The third-order valence-electron chi connectivity index (χ3n) is 4.81. The molecule has 1 heterocycles. The number of fused-ring (bicyclic) bond motifs is 1. The fourth-order valence-electron chi connectivity index (χ4n) is 3.22. The van der Waals surface area contributed by atoms with Crippen LogP contribution in [0.15, 0.2) is 97.3 Å². The molecule has 0 aliphatic heterocycles. The summed E-state index contributed by atoms with van der Waals surface area (Å²) in [6.07, 6.45) is 1.50. The van der Waals surface area contributed by atoms with E-state index in [1.165, 1.54) is 6.20 Å². The topological polar surface area (TPSA) is 85.5 Å². The Labute approximate surface area is 183 Å². The highest BCUT2D eigenvalue weighted by atomic mass is 32.2. The molecule has 2 atom stereocenters. The van der Waals surface area contributed by atoms with Gasteiger partial charge in [-0.15, -0.1) is 0 Å². The Morgan fingerprint density at radius 3 is 1.68 bits per heavy atom. The monoisotopic (exact) mass is 453 g/mol. The summed E-state index contributed by atoms with van der Waals surface area (Å²) in [7, 11) is -0.0182. The van der Waals surface area contributed by atoms with Crippen LogP contribution in [0.4, 0.5) is 0 Å². The van der Waals surface area contributed by atoms with Gasteiger partial charge in [0.1, 0.15) is 11.5 Å². The van der Waals surface area contributed by atoms with E-state index in [4.69, 9.17) is 9.47 Å². The van der Waals surface area contributed by atoms with Crippen molar-refractivity contribution < 1.29 is 17.9 Å². The molecular formula is C23H19NO5S2. The van der Waals surface area contributed by atoms with Crippen molar-refractivity contribution in [3.8, 4) is 11.5 Å². The van der Waals surface area contributed by atoms with Gasteiger partial charge in [-0.1, -0.05) is 0 Å². The molecule has 0 amide bonds. The van der Waals surface area contributed by atoms with Gasteiger partial charge in [0.25, 0.3) is 5.56 Å². The van der Waals surface area contributed by atoms with Gasteiger partial charge < -0.3 is 14.5 Å². The van der Waals surface area contributed by atoms with Gasteiger partial charge in [-0.25, -0.2) is 8.42 Å². The summed E-state index contributed by atoms with van der Waals surface area (Å²) in [4.78, 5) is 17.3. The summed E-state index contributed by atoms with van der Waals surface area (Å²) in [6.45, 7) is 0. The Balaban J connectivity index is 1.83. The van der Waals surface area contributed by atoms with Crippen molar-refractivity contribution in [2.24, 2.45) is 0 Å². The number of aromatic nitrogens is 1. The molecule has 0 aliphatic carbocycles. The smallest absolute Gasteiger partial charge is 0.257 e. The van der Waals surface area contributed by atoms with Crippen molar-refractivity contribution in [1.82, 2.24) is 4.98 Å². The number of ether oxygens (including phenoxy) is 2. The fraction of sp³-hybridized carbons (Fsp3) is 0.0870. The zero-order valence-corrected chi connectivity index (χ0v) is 18.4. The van der Waals surface area contributed by atoms with E-state index in [2.05, 4.69) is 4.98 Å². The minimum Gasteiger partial charge on any atom is -0.497 e. The predicted octanol–water partition coefficient (Wildman–Crippen LogP) is 3.88. The van der Waals surface area contributed by atoms with Crippen LogP contribution in [0.3, 0.4) is 0 Å². The van der Waals surface area contributed by atoms with Crippen LogP contribution in [0, 0.1) is 0 Å². The van der Waals surface area contributed by atoms with E-state index in [1.807, 2.05) is 0 Å². The lowest BCUT2D eigenvalue weighted by molar-refractivity contribution is 0.414. The Bertz CT molecular complexity index is 1350. The second kappa shape index (κ2) is 8.87. The second-order valence-corrected chi connectivity index (χ2v) is 9.44. The summed E-state index contributed by atoms with van der Waals surface area (Å²) in [6, 6.07) is 18.7. The van der Waals surface area contributed by atoms with Crippen molar-refractivity contribution in [1.29, 1.82) is 0 Å². The van der Waals surface area contributed by atoms with Gasteiger partial charge in [-0.2, -0.15) is 0 Å². The SMILES string of the molecule is COc1ccc(S(=O)c2ccc(S(=O)c3ccc(OC)cc3)c3c(=O)[nH]ccc23)cc1. The quantitative estimate of drug-likeness (QED) is 0.479. The number of hydrogen-bond acceptors (Lipinski definition) is 5. The molecule has 6 nitrogen and oxygen atoms in total. The lowest BCUT2D eigenvalue weighted by Gasteiger charge is -2.11. The highest BCUT2D eigenvalue weighted by molar-refractivity contribution is 7.86. The van der Waals surface area contributed by atoms with Crippen molar-refractivity contribution >= 4 is 32.4 Å². The standard InChI is InChI=1S/C23H19NO5S2/c1-28-15-3-7-17(8-4-15)30(26)20-11-12-21(22-19(20)13-14-24-23(22)25)31(27)18-9-5-16(29-2)6-10-18/h3-14H,1-2H3,(H,24,25). The predicted molar refractivity (Wildman–Crippen MR) is 120 cm³/mol. The number of hydrogen-bond donors (Lipinski definition) is 1. The molecule has 0 saturated heterocycles. The second-order valence-electron chi connectivity index (χ2n) is 6.55. The number of methoxy groups -OCH3 is 2. The van der Waals surface area contributed by atoms with Gasteiger partial charge in [0, 0.05) is 21.4 Å². The third-order valence-corrected chi connectivity index (χ3v) is 7.70. The normalized spacial score (nSPS) is 13.0. The summed E-state index contributed by atoms with van der Waals surface area (Å²) in [5, 5.41) is 0.758. The van der Waals surface area contributed by atoms with Crippen LogP contribution >= 0.6 is 0 Å². The number of rotatable bonds is 6. The third kappa shape index (κ3) is 4.04. The van der Waals surface area contributed by atoms with E-state index < -0.39 is 21.6 Å². The highest BCUT2D eigenvalue weighted by Crippen LogP contribution is 2.30. The average Bonchev–Trinajstić information content (AvgIpc) is 2.83.